The number of rotatable bonds is 6. The van der Waals surface area contributed by atoms with Crippen molar-refractivity contribution in [2.45, 2.75) is 38.5 Å². The Morgan fingerprint density at radius 3 is 1.87 bits per heavy atom. The first kappa shape index (κ1) is 14.9. The summed E-state index contributed by atoms with van der Waals surface area (Å²) in [6, 6.07) is 0.567. The van der Waals surface area contributed by atoms with Crippen molar-refractivity contribution < 1.29 is 22.0 Å². The van der Waals surface area contributed by atoms with Crippen molar-refractivity contribution in [3.63, 3.8) is 0 Å². The molecule has 0 radical (unpaired) electrons. The van der Waals surface area contributed by atoms with Crippen molar-refractivity contribution in [3.8, 4) is 0 Å². The number of hydrogen-bond acceptors (Lipinski definition) is 2. The first-order valence-corrected chi connectivity index (χ1v) is 7.15. The lowest BCUT2D eigenvalue weighted by atomic mass is 10.3. The zero-order valence-corrected chi connectivity index (χ0v) is 10.6. The van der Waals surface area contributed by atoms with E-state index in [9.17, 15) is 13.2 Å². The van der Waals surface area contributed by atoms with Crippen LogP contribution in [-0.2, 0) is 8.85 Å². The smallest absolute Gasteiger partial charge is 0.389 e. The van der Waals surface area contributed by atoms with Gasteiger partial charge in [-0.05, 0) is 18.0 Å². The van der Waals surface area contributed by atoms with Gasteiger partial charge < -0.3 is 8.85 Å². The van der Waals surface area contributed by atoms with Gasteiger partial charge in [0.25, 0.3) is 0 Å². The highest BCUT2D eigenvalue weighted by Gasteiger charge is 2.40. The molecule has 0 N–H and O–H groups in total. The molecule has 0 aliphatic carbocycles. The van der Waals surface area contributed by atoms with E-state index in [0.29, 0.717) is 6.04 Å². The summed E-state index contributed by atoms with van der Waals surface area (Å²) in [7, 11) is 0.242. The van der Waals surface area contributed by atoms with E-state index in [1.807, 2.05) is 13.8 Å². The highest BCUT2D eigenvalue weighted by atomic mass is 28.4. The van der Waals surface area contributed by atoms with Gasteiger partial charge in [-0.3, -0.25) is 0 Å². The third-order valence-electron chi connectivity index (χ3n) is 2.25. The van der Waals surface area contributed by atoms with E-state index in [2.05, 4.69) is 0 Å². The van der Waals surface area contributed by atoms with Gasteiger partial charge in [0.05, 0.1) is 0 Å². The fraction of sp³-hybridized carbons (Fsp3) is 1.00. The van der Waals surface area contributed by atoms with Crippen LogP contribution in [0.3, 0.4) is 0 Å². The maximum atomic E-state index is 12.1. The Morgan fingerprint density at radius 1 is 1.13 bits per heavy atom. The second-order valence-electron chi connectivity index (χ2n) is 4.03. The molecule has 2 nitrogen and oxygen atoms in total. The summed E-state index contributed by atoms with van der Waals surface area (Å²) < 4.78 is 46.7. The monoisotopic (exact) mass is 244 g/mol. The van der Waals surface area contributed by atoms with E-state index in [-0.39, 0.29) is 12.0 Å². The van der Waals surface area contributed by atoms with Gasteiger partial charge in [0, 0.05) is 20.6 Å². The van der Waals surface area contributed by atoms with Gasteiger partial charge in [0.1, 0.15) is 0 Å². The summed E-state index contributed by atoms with van der Waals surface area (Å²) >= 11 is 0. The van der Waals surface area contributed by atoms with Crippen LogP contribution in [0.25, 0.3) is 0 Å². The standard InChI is InChI=1S/C9H19F3O2Si/c1-8(2)7-15(13-3,14-4)6-5-9(10,11)12/h8H,5-7H2,1-4H3. The number of halogens is 3. The van der Waals surface area contributed by atoms with Crippen molar-refractivity contribution in [1.29, 1.82) is 0 Å². The van der Waals surface area contributed by atoms with Crippen molar-refractivity contribution in [3.05, 3.63) is 0 Å². The molecular formula is C9H19F3O2Si. The Kier molecular flexibility index (Phi) is 5.83. The van der Waals surface area contributed by atoms with Gasteiger partial charge >= 0.3 is 14.7 Å². The number of hydrogen-bond donors (Lipinski definition) is 0. The zero-order valence-electron chi connectivity index (χ0n) is 9.65. The molecular weight excluding hydrogens is 225 g/mol. The van der Waals surface area contributed by atoms with Gasteiger partial charge in [0.15, 0.2) is 0 Å². The van der Waals surface area contributed by atoms with Gasteiger partial charge in [-0.2, -0.15) is 13.2 Å². The van der Waals surface area contributed by atoms with E-state index in [4.69, 9.17) is 8.85 Å². The van der Waals surface area contributed by atoms with Gasteiger partial charge in [0.2, 0.25) is 0 Å². The molecule has 0 spiro atoms. The van der Waals surface area contributed by atoms with Crippen molar-refractivity contribution >= 4 is 8.56 Å². The Bertz CT molecular complexity index is 179. The minimum absolute atomic E-state index is 0.0261. The fourth-order valence-corrected chi connectivity index (χ4v) is 4.53. The molecule has 0 aromatic rings. The third kappa shape index (κ3) is 6.16. The lowest BCUT2D eigenvalue weighted by Crippen LogP contribution is -2.42. The van der Waals surface area contributed by atoms with Gasteiger partial charge in [-0.1, -0.05) is 13.8 Å². The summed E-state index contributed by atoms with van der Waals surface area (Å²) in [6.07, 6.45) is -4.96. The van der Waals surface area contributed by atoms with Crippen LogP contribution < -0.4 is 0 Å². The molecule has 0 amide bonds. The van der Waals surface area contributed by atoms with Crippen LogP contribution in [0.4, 0.5) is 13.2 Å². The van der Waals surface area contributed by atoms with Crippen LogP contribution in [0.2, 0.25) is 12.1 Å². The molecule has 15 heavy (non-hydrogen) atoms. The molecule has 0 aliphatic heterocycles. The molecule has 0 saturated heterocycles. The average Bonchev–Trinajstić information content (AvgIpc) is 2.10. The van der Waals surface area contributed by atoms with Crippen LogP contribution in [0.1, 0.15) is 20.3 Å². The zero-order chi connectivity index (χ0) is 12.1. The molecule has 0 unspecified atom stereocenters. The molecule has 0 aliphatic rings. The maximum absolute atomic E-state index is 12.1. The Hall–Kier alpha value is -0.0731. The summed E-state index contributed by atoms with van der Waals surface area (Å²) in [6.45, 7) is 3.90. The molecule has 0 aromatic carbocycles. The van der Waals surface area contributed by atoms with Crippen LogP contribution in [-0.4, -0.2) is 29.0 Å². The normalized spacial score (nSPS) is 13.6. The van der Waals surface area contributed by atoms with E-state index < -0.39 is 21.2 Å². The summed E-state index contributed by atoms with van der Waals surface area (Å²) in [5.74, 6) is 0.282. The largest absolute Gasteiger partial charge is 0.398 e. The van der Waals surface area contributed by atoms with Crippen LogP contribution >= 0.6 is 0 Å². The minimum Gasteiger partial charge on any atom is -0.398 e. The van der Waals surface area contributed by atoms with Crippen LogP contribution in [0.15, 0.2) is 0 Å². The Morgan fingerprint density at radius 2 is 1.60 bits per heavy atom. The molecule has 6 heteroatoms. The molecule has 0 bridgehead atoms. The third-order valence-corrected chi connectivity index (χ3v) is 6.19. The summed E-state index contributed by atoms with van der Waals surface area (Å²) in [5.41, 5.74) is 0. The molecule has 0 rings (SSSR count). The predicted octanol–water partition coefficient (Wildman–Crippen LogP) is 3.33. The molecule has 0 aromatic heterocycles. The average molecular weight is 244 g/mol. The molecule has 0 heterocycles. The topological polar surface area (TPSA) is 18.5 Å². The second-order valence-corrected chi connectivity index (χ2v) is 7.58. The summed E-state index contributed by atoms with van der Waals surface area (Å²) in [5, 5.41) is 0. The molecule has 0 saturated carbocycles. The van der Waals surface area contributed by atoms with E-state index in [0.717, 1.165) is 0 Å². The quantitative estimate of drug-likeness (QED) is 0.667. The van der Waals surface area contributed by atoms with E-state index >= 15 is 0 Å². The molecule has 0 fully saturated rings. The Balaban J connectivity index is 4.37. The fourth-order valence-electron chi connectivity index (χ4n) is 1.51. The lowest BCUT2D eigenvalue weighted by molar-refractivity contribution is -0.131. The minimum atomic E-state index is -4.13. The van der Waals surface area contributed by atoms with Crippen LogP contribution in [0, 0.1) is 5.92 Å². The predicted molar refractivity (Wildman–Crippen MR) is 54.9 cm³/mol. The van der Waals surface area contributed by atoms with Crippen molar-refractivity contribution in [2.75, 3.05) is 14.2 Å². The van der Waals surface area contributed by atoms with Crippen molar-refractivity contribution in [1.82, 2.24) is 0 Å². The Labute approximate surface area is 90.0 Å². The van der Waals surface area contributed by atoms with Crippen molar-refractivity contribution in [2.24, 2.45) is 5.92 Å². The lowest BCUT2D eigenvalue weighted by Gasteiger charge is -2.29. The summed E-state index contributed by atoms with van der Waals surface area (Å²) in [4.78, 5) is 0. The van der Waals surface area contributed by atoms with E-state index in [1.54, 1.807) is 0 Å². The highest BCUT2D eigenvalue weighted by molar-refractivity contribution is 6.67. The highest BCUT2D eigenvalue weighted by Crippen LogP contribution is 2.30. The molecule has 92 valence electrons. The number of alkyl halides is 3. The van der Waals surface area contributed by atoms with Gasteiger partial charge in [-0.25, -0.2) is 0 Å². The second kappa shape index (κ2) is 5.86. The van der Waals surface area contributed by atoms with E-state index in [1.165, 1.54) is 14.2 Å². The first-order valence-electron chi connectivity index (χ1n) is 4.92. The molecule has 0 atom stereocenters. The van der Waals surface area contributed by atoms with Crippen LogP contribution in [0.5, 0.6) is 0 Å². The SMILES string of the molecule is CO[Si](CCC(F)(F)F)(CC(C)C)OC. The maximum Gasteiger partial charge on any atom is 0.389 e. The van der Waals surface area contributed by atoms with Gasteiger partial charge in [-0.15, -0.1) is 0 Å². The first-order chi connectivity index (χ1) is 6.74.